The molecule has 0 saturated carbocycles. The molecule has 0 spiro atoms. The van der Waals surface area contributed by atoms with Gasteiger partial charge in [0, 0.05) is 13.2 Å². The van der Waals surface area contributed by atoms with E-state index in [-0.39, 0.29) is 0 Å². The minimum absolute atomic E-state index is 0.348. The lowest BCUT2D eigenvalue weighted by Gasteiger charge is -2.15. The fourth-order valence-electron chi connectivity index (χ4n) is 1.43. The van der Waals surface area contributed by atoms with E-state index >= 15 is 0 Å². The molecule has 0 fully saturated rings. The molecule has 0 heterocycles. The Morgan fingerprint density at radius 2 is 2.00 bits per heavy atom. The Morgan fingerprint density at radius 1 is 1.24 bits per heavy atom. The third-order valence-electron chi connectivity index (χ3n) is 2.23. The van der Waals surface area contributed by atoms with Crippen molar-refractivity contribution >= 4 is 5.69 Å². The summed E-state index contributed by atoms with van der Waals surface area (Å²) in [7, 11) is 0. The van der Waals surface area contributed by atoms with Gasteiger partial charge in [0.1, 0.15) is 5.75 Å². The molecule has 0 saturated heterocycles. The first-order valence-electron chi connectivity index (χ1n) is 5.99. The van der Waals surface area contributed by atoms with Crippen molar-refractivity contribution in [3.05, 3.63) is 24.3 Å². The number of benzene rings is 1. The number of para-hydroxylation sites is 2. The predicted octanol–water partition coefficient (Wildman–Crippen LogP) is 1.89. The maximum Gasteiger partial charge on any atom is 0.142 e. The van der Waals surface area contributed by atoms with Crippen LogP contribution in [-0.4, -0.2) is 37.6 Å². The number of aliphatic hydroxyl groups excluding tert-OH is 1. The summed E-state index contributed by atoms with van der Waals surface area (Å²) in [4.78, 5) is 0. The van der Waals surface area contributed by atoms with Crippen molar-refractivity contribution in [1.82, 2.24) is 0 Å². The Balaban J connectivity index is 2.44. The van der Waals surface area contributed by atoms with E-state index in [0.29, 0.717) is 26.4 Å². The smallest absolute Gasteiger partial charge is 0.142 e. The van der Waals surface area contributed by atoms with Gasteiger partial charge in [0.2, 0.25) is 0 Å². The van der Waals surface area contributed by atoms with E-state index in [1.165, 1.54) is 0 Å². The molecule has 0 aromatic heterocycles. The number of hydrogen-bond acceptors (Lipinski definition) is 4. The van der Waals surface area contributed by atoms with Crippen molar-refractivity contribution in [3.63, 3.8) is 0 Å². The molecule has 1 rings (SSSR count). The van der Waals surface area contributed by atoms with Crippen molar-refractivity contribution in [2.75, 3.05) is 31.7 Å². The van der Waals surface area contributed by atoms with E-state index in [4.69, 9.17) is 9.47 Å². The van der Waals surface area contributed by atoms with Crippen LogP contribution in [0.1, 0.15) is 13.8 Å². The van der Waals surface area contributed by atoms with Crippen LogP contribution < -0.4 is 10.1 Å². The second kappa shape index (κ2) is 7.92. The Kier molecular flexibility index (Phi) is 6.43. The van der Waals surface area contributed by atoms with E-state index in [9.17, 15) is 5.11 Å². The molecule has 17 heavy (non-hydrogen) atoms. The Morgan fingerprint density at radius 3 is 2.71 bits per heavy atom. The molecule has 96 valence electrons. The lowest BCUT2D eigenvalue weighted by Crippen LogP contribution is -2.25. The number of rotatable bonds is 8. The highest BCUT2D eigenvalue weighted by molar-refractivity contribution is 5.56. The SMILES string of the molecule is CCOCC(O)CNc1ccccc1OCC. The van der Waals surface area contributed by atoms with Gasteiger partial charge in [-0.3, -0.25) is 0 Å². The predicted molar refractivity (Wildman–Crippen MR) is 68.6 cm³/mol. The lowest BCUT2D eigenvalue weighted by molar-refractivity contribution is 0.0495. The Hall–Kier alpha value is -1.26. The van der Waals surface area contributed by atoms with Crippen molar-refractivity contribution in [3.8, 4) is 5.75 Å². The second-order valence-corrected chi connectivity index (χ2v) is 3.62. The van der Waals surface area contributed by atoms with Gasteiger partial charge in [0.05, 0.1) is 25.0 Å². The average molecular weight is 239 g/mol. The zero-order chi connectivity index (χ0) is 12.5. The van der Waals surface area contributed by atoms with E-state index in [1.807, 2.05) is 38.1 Å². The summed E-state index contributed by atoms with van der Waals surface area (Å²) in [6.45, 7) is 5.89. The zero-order valence-corrected chi connectivity index (χ0v) is 10.5. The fourth-order valence-corrected chi connectivity index (χ4v) is 1.43. The van der Waals surface area contributed by atoms with Crippen LogP contribution in [0, 0.1) is 0 Å². The number of ether oxygens (including phenoxy) is 2. The molecule has 0 aliphatic carbocycles. The van der Waals surface area contributed by atoms with Crippen LogP contribution in [0.4, 0.5) is 5.69 Å². The average Bonchev–Trinajstić information content (AvgIpc) is 2.35. The number of anilines is 1. The number of aliphatic hydroxyl groups is 1. The van der Waals surface area contributed by atoms with Crippen LogP contribution in [0.3, 0.4) is 0 Å². The molecule has 0 bridgehead atoms. The highest BCUT2D eigenvalue weighted by Gasteiger charge is 2.06. The van der Waals surface area contributed by atoms with Crippen molar-refractivity contribution in [2.45, 2.75) is 20.0 Å². The maximum atomic E-state index is 9.63. The summed E-state index contributed by atoms with van der Waals surface area (Å²) in [6.07, 6.45) is -0.510. The van der Waals surface area contributed by atoms with Gasteiger partial charge in [-0.1, -0.05) is 12.1 Å². The molecule has 1 aromatic carbocycles. The van der Waals surface area contributed by atoms with Gasteiger partial charge in [-0.25, -0.2) is 0 Å². The molecule has 0 amide bonds. The monoisotopic (exact) mass is 239 g/mol. The van der Waals surface area contributed by atoms with Gasteiger partial charge >= 0.3 is 0 Å². The van der Waals surface area contributed by atoms with Crippen LogP contribution >= 0.6 is 0 Å². The molecular formula is C13H21NO3. The molecule has 0 radical (unpaired) electrons. The first-order valence-corrected chi connectivity index (χ1v) is 5.99. The van der Waals surface area contributed by atoms with Gasteiger partial charge in [0.25, 0.3) is 0 Å². The van der Waals surface area contributed by atoms with Gasteiger partial charge in [0.15, 0.2) is 0 Å². The summed E-state index contributed by atoms with van der Waals surface area (Å²) in [5.41, 5.74) is 0.893. The second-order valence-electron chi connectivity index (χ2n) is 3.62. The van der Waals surface area contributed by atoms with E-state index < -0.39 is 6.10 Å². The van der Waals surface area contributed by atoms with Crippen molar-refractivity contribution in [1.29, 1.82) is 0 Å². The molecule has 0 aliphatic heterocycles. The summed E-state index contributed by atoms with van der Waals surface area (Å²) in [5, 5.41) is 12.8. The number of nitrogens with one attached hydrogen (secondary N) is 1. The minimum atomic E-state index is -0.510. The van der Waals surface area contributed by atoms with Gasteiger partial charge in [-0.05, 0) is 26.0 Å². The minimum Gasteiger partial charge on any atom is -0.492 e. The first-order chi connectivity index (χ1) is 8.27. The van der Waals surface area contributed by atoms with Gasteiger partial charge in [-0.2, -0.15) is 0 Å². The standard InChI is InChI=1S/C13H21NO3/c1-3-16-10-11(15)9-14-12-7-5-6-8-13(12)17-4-2/h5-8,11,14-15H,3-4,9-10H2,1-2H3. The van der Waals surface area contributed by atoms with Gasteiger partial charge in [-0.15, -0.1) is 0 Å². The molecule has 2 N–H and O–H groups in total. The summed E-state index contributed by atoms with van der Waals surface area (Å²) in [6, 6.07) is 7.69. The van der Waals surface area contributed by atoms with Crippen molar-refractivity contribution in [2.24, 2.45) is 0 Å². The molecule has 1 aromatic rings. The summed E-state index contributed by atoms with van der Waals surface area (Å²) < 4.78 is 10.6. The highest BCUT2D eigenvalue weighted by atomic mass is 16.5. The molecule has 4 nitrogen and oxygen atoms in total. The highest BCUT2D eigenvalue weighted by Crippen LogP contribution is 2.23. The molecular weight excluding hydrogens is 218 g/mol. The van der Waals surface area contributed by atoms with Crippen LogP contribution in [0.25, 0.3) is 0 Å². The molecule has 0 aliphatic rings. The maximum absolute atomic E-state index is 9.63. The van der Waals surface area contributed by atoms with Crippen LogP contribution in [-0.2, 0) is 4.74 Å². The Bertz CT molecular complexity index is 317. The quantitative estimate of drug-likeness (QED) is 0.727. The lowest BCUT2D eigenvalue weighted by atomic mass is 10.2. The fraction of sp³-hybridized carbons (Fsp3) is 0.538. The summed E-state index contributed by atoms with van der Waals surface area (Å²) >= 11 is 0. The first kappa shape index (κ1) is 13.8. The van der Waals surface area contributed by atoms with Crippen LogP contribution in [0.5, 0.6) is 5.75 Å². The van der Waals surface area contributed by atoms with E-state index in [0.717, 1.165) is 11.4 Å². The van der Waals surface area contributed by atoms with E-state index in [2.05, 4.69) is 5.32 Å². The Labute approximate surface area is 103 Å². The normalized spacial score (nSPS) is 12.2. The van der Waals surface area contributed by atoms with Crippen LogP contribution in [0.2, 0.25) is 0 Å². The molecule has 1 atom stereocenters. The van der Waals surface area contributed by atoms with Crippen LogP contribution in [0.15, 0.2) is 24.3 Å². The third kappa shape index (κ3) is 5.06. The van der Waals surface area contributed by atoms with Gasteiger partial charge < -0.3 is 19.9 Å². The largest absolute Gasteiger partial charge is 0.492 e. The summed E-state index contributed by atoms with van der Waals surface area (Å²) in [5.74, 6) is 0.804. The van der Waals surface area contributed by atoms with Crippen molar-refractivity contribution < 1.29 is 14.6 Å². The molecule has 1 unspecified atom stereocenters. The zero-order valence-electron chi connectivity index (χ0n) is 10.5. The third-order valence-corrected chi connectivity index (χ3v) is 2.23. The number of hydrogen-bond donors (Lipinski definition) is 2. The topological polar surface area (TPSA) is 50.7 Å². The molecule has 4 heteroatoms. The van der Waals surface area contributed by atoms with E-state index in [1.54, 1.807) is 0 Å².